The first-order valence-corrected chi connectivity index (χ1v) is 11.9. The third-order valence-corrected chi connectivity index (χ3v) is 6.85. The topological polar surface area (TPSA) is 77.5 Å². The molecule has 32 heavy (non-hydrogen) atoms. The van der Waals surface area contributed by atoms with Crippen molar-refractivity contribution in [1.82, 2.24) is 4.90 Å². The van der Waals surface area contributed by atoms with Gasteiger partial charge in [0.1, 0.15) is 0 Å². The zero-order valence-electron chi connectivity index (χ0n) is 19.1. The minimum atomic E-state index is -0.550. The van der Waals surface area contributed by atoms with Gasteiger partial charge >= 0.3 is 0 Å². The van der Waals surface area contributed by atoms with E-state index in [0.29, 0.717) is 24.5 Å². The Hall–Kier alpha value is -2.25. The molecule has 176 valence electrons. The summed E-state index contributed by atoms with van der Waals surface area (Å²) in [4.78, 5) is 15.3. The van der Waals surface area contributed by atoms with E-state index in [1.54, 1.807) is 0 Å². The molecule has 0 unspecified atom stereocenters. The van der Waals surface area contributed by atoms with Crippen molar-refractivity contribution in [3.63, 3.8) is 0 Å². The number of hydrogen-bond donors (Lipinski definition) is 1. The number of aliphatic hydroxyl groups excluding tert-OH is 1. The van der Waals surface area contributed by atoms with Crippen molar-refractivity contribution in [1.29, 1.82) is 0 Å². The van der Waals surface area contributed by atoms with Gasteiger partial charge < -0.3 is 29.0 Å². The minimum Gasteiger partial charge on any atom is -0.459 e. The predicted molar refractivity (Wildman–Crippen MR) is 119 cm³/mol. The Kier molecular flexibility index (Phi) is 7.58. The van der Waals surface area contributed by atoms with E-state index in [2.05, 4.69) is 0 Å². The first-order valence-electron chi connectivity index (χ1n) is 11.9. The van der Waals surface area contributed by atoms with Crippen LogP contribution in [0.4, 0.5) is 0 Å². The second kappa shape index (κ2) is 10.6. The summed E-state index contributed by atoms with van der Waals surface area (Å²) in [7, 11) is 1.88. The molecule has 7 nitrogen and oxygen atoms in total. The fourth-order valence-corrected chi connectivity index (χ4v) is 5.07. The van der Waals surface area contributed by atoms with Crippen LogP contribution in [0, 0.1) is 5.92 Å². The van der Waals surface area contributed by atoms with Crippen molar-refractivity contribution in [2.75, 3.05) is 27.1 Å². The average Bonchev–Trinajstić information content (AvgIpc) is 3.30. The van der Waals surface area contributed by atoms with Crippen LogP contribution in [0.15, 0.2) is 30.0 Å². The molecule has 1 fully saturated rings. The first-order chi connectivity index (χ1) is 15.6. The van der Waals surface area contributed by atoms with E-state index < -0.39 is 6.29 Å². The van der Waals surface area contributed by atoms with Crippen LogP contribution in [-0.4, -0.2) is 55.3 Å². The second-order valence-corrected chi connectivity index (χ2v) is 8.85. The molecular weight excluding hydrogens is 410 g/mol. The van der Waals surface area contributed by atoms with Crippen LogP contribution in [-0.2, 0) is 14.3 Å². The first kappa shape index (κ1) is 22.9. The van der Waals surface area contributed by atoms with Gasteiger partial charge in [0.2, 0.25) is 13.1 Å². The lowest BCUT2D eigenvalue weighted by Crippen LogP contribution is -2.43. The normalized spacial score (nSPS) is 25.2. The van der Waals surface area contributed by atoms with Gasteiger partial charge in [0, 0.05) is 38.1 Å². The SMILES string of the molecule is CCO[C@@H]1OC(C(=O)N(C)C2CCCCC2)=C[C@H](c2ccc3c(c2)OCO3)[C@@H]1CCCO. The summed E-state index contributed by atoms with van der Waals surface area (Å²) >= 11 is 0. The van der Waals surface area contributed by atoms with E-state index in [1.165, 1.54) is 6.42 Å². The van der Waals surface area contributed by atoms with E-state index in [1.807, 2.05) is 43.1 Å². The summed E-state index contributed by atoms with van der Waals surface area (Å²) in [5.74, 6) is 1.57. The van der Waals surface area contributed by atoms with Gasteiger partial charge in [-0.1, -0.05) is 25.3 Å². The van der Waals surface area contributed by atoms with E-state index in [4.69, 9.17) is 18.9 Å². The van der Waals surface area contributed by atoms with E-state index in [0.717, 1.165) is 43.4 Å². The number of likely N-dealkylation sites (N-methyl/N-ethyl adjacent to an activating group) is 1. The molecule has 1 aromatic rings. The highest BCUT2D eigenvalue weighted by molar-refractivity contribution is 5.92. The Morgan fingerprint density at radius 1 is 1.19 bits per heavy atom. The molecule has 2 heterocycles. The van der Waals surface area contributed by atoms with Crippen LogP contribution in [0.1, 0.15) is 63.4 Å². The summed E-state index contributed by atoms with van der Waals surface area (Å²) in [5, 5.41) is 9.46. The number of aliphatic hydroxyl groups is 1. The van der Waals surface area contributed by atoms with Gasteiger partial charge in [-0.05, 0) is 56.4 Å². The molecule has 7 heteroatoms. The summed E-state index contributed by atoms with van der Waals surface area (Å²) in [6, 6.07) is 6.16. The van der Waals surface area contributed by atoms with Crippen molar-refractivity contribution < 1.29 is 28.8 Å². The third kappa shape index (κ3) is 4.89. The summed E-state index contributed by atoms with van der Waals surface area (Å²) < 4.78 is 23.2. The average molecular weight is 446 g/mol. The molecule has 4 rings (SSSR count). The van der Waals surface area contributed by atoms with E-state index >= 15 is 0 Å². The van der Waals surface area contributed by atoms with Gasteiger partial charge in [-0.25, -0.2) is 0 Å². The highest BCUT2D eigenvalue weighted by atomic mass is 16.7. The van der Waals surface area contributed by atoms with Crippen molar-refractivity contribution in [3.8, 4) is 11.5 Å². The number of allylic oxidation sites excluding steroid dienone is 1. The highest BCUT2D eigenvalue weighted by Gasteiger charge is 2.39. The van der Waals surface area contributed by atoms with Crippen LogP contribution in [0.2, 0.25) is 0 Å². The molecule has 0 bridgehead atoms. The Bertz CT molecular complexity index is 819. The largest absolute Gasteiger partial charge is 0.459 e. The Morgan fingerprint density at radius 3 is 2.72 bits per heavy atom. The molecule has 1 N–H and O–H groups in total. The standard InChI is InChI=1S/C25H35NO6/c1-3-29-25-19(10-7-13-27)20(17-11-12-21-22(14-17)31-16-30-21)15-23(32-25)24(28)26(2)18-8-5-4-6-9-18/h11-12,14-15,18-20,25,27H,3-10,13,16H2,1-2H3/t19-,20+,25+/m0/s1. The van der Waals surface area contributed by atoms with Crippen LogP contribution in [0.3, 0.4) is 0 Å². The van der Waals surface area contributed by atoms with Crippen molar-refractivity contribution in [2.24, 2.45) is 5.92 Å². The zero-order chi connectivity index (χ0) is 22.5. The molecule has 0 aromatic heterocycles. The molecule has 3 atom stereocenters. The lowest BCUT2D eigenvalue weighted by atomic mass is 9.80. The monoisotopic (exact) mass is 445 g/mol. The van der Waals surface area contributed by atoms with Crippen LogP contribution >= 0.6 is 0 Å². The molecule has 0 saturated heterocycles. The van der Waals surface area contributed by atoms with Gasteiger partial charge in [-0.15, -0.1) is 0 Å². The number of carbonyl (C=O) groups excluding carboxylic acids is 1. The van der Waals surface area contributed by atoms with Gasteiger partial charge in [0.05, 0.1) is 0 Å². The molecule has 3 aliphatic rings. The van der Waals surface area contributed by atoms with Gasteiger partial charge in [-0.2, -0.15) is 0 Å². The predicted octanol–water partition coefficient (Wildman–Crippen LogP) is 3.96. The van der Waals surface area contributed by atoms with Gasteiger partial charge in [-0.3, -0.25) is 4.79 Å². The number of rotatable bonds is 8. The maximum absolute atomic E-state index is 13.4. The van der Waals surface area contributed by atoms with E-state index in [9.17, 15) is 9.90 Å². The van der Waals surface area contributed by atoms with Gasteiger partial charge in [0.25, 0.3) is 5.91 Å². The smallest absolute Gasteiger partial charge is 0.288 e. The Morgan fingerprint density at radius 2 is 1.97 bits per heavy atom. The number of amides is 1. The molecule has 1 aromatic carbocycles. The molecule has 1 aliphatic carbocycles. The fourth-order valence-electron chi connectivity index (χ4n) is 5.07. The van der Waals surface area contributed by atoms with Crippen molar-refractivity contribution in [3.05, 3.63) is 35.6 Å². The van der Waals surface area contributed by atoms with Crippen LogP contribution in [0.5, 0.6) is 11.5 Å². The van der Waals surface area contributed by atoms with Crippen LogP contribution in [0.25, 0.3) is 0 Å². The quantitative estimate of drug-likeness (QED) is 0.653. The number of fused-ring (bicyclic) bond motifs is 1. The molecule has 0 spiro atoms. The second-order valence-electron chi connectivity index (χ2n) is 8.85. The Balaban J connectivity index is 1.65. The number of benzene rings is 1. The van der Waals surface area contributed by atoms with Crippen LogP contribution < -0.4 is 9.47 Å². The zero-order valence-corrected chi connectivity index (χ0v) is 19.1. The maximum Gasteiger partial charge on any atom is 0.288 e. The molecule has 1 amide bonds. The molecule has 0 radical (unpaired) electrons. The molecule has 2 aliphatic heterocycles. The number of hydrogen-bond acceptors (Lipinski definition) is 6. The van der Waals surface area contributed by atoms with Crippen molar-refractivity contribution in [2.45, 2.75) is 70.1 Å². The minimum absolute atomic E-state index is 0.0287. The molecular formula is C25H35NO6. The number of ether oxygens (including phenoxy) is 4. The summed E-state index contributed by atoms with van der Waals surface area (Å²) in [6.07, 6.45) is 8.38. The molecule has 1 saturated carbocycles. The summed E-state index contributed by atoms with van der Waals surface area (Å²) in [5.41, 5.74) is 1.02. The fraction of sp³-hybridized carbons (Fsp3) is 0.640. The van der Waals surface area contributed by atoms with Crippen molar-refractivity contribution >= 4 is 5.91 Å². The third-order valence-electron chi connectivity index (χ3n) is 6.85. The lowest BCUT2D eigenvalue weighted by Gasteiger charge is -2.39. The maximum atomic E-state index is 13.4. The number of carbonyl (C=O) groups is 1. The van der Waals surface area contributed by atoms with E-state index in [-0.39, 0.29) is 37.2 Å². The number of nitrogens with zero attached hydrogens (tertiary/aromatic N) is 1. The Labute approximate surface area is 190 Å². The van der Waals surface area contributed by atoms with Gasteiger partial charge in [0.15, 0.2) is 17.3 Å². The highest BCUT2D eigenvalue weighted by Crippen LogP contribution is 2.43. The lowest BCUT2D eigenvalue weighted by molar-refractivity contribution is -0.170. The summed E-state index contributed by atoms with van der Waals surface area (Å²) in [6.45, 7) is 2.72.